The number of hydrogen-bond acceptors (Lipinski definition) is 15. The average Bonchev–Trinajstić information content (AvgIpc) is 3.48. The molecule has 2 heterocycles. The Balaban J connectivity index is 1.83. The van der Waals surface area contributed by atoms with E-state index >= 15 is 0 Å². The second-order valence-electron chi connectivity index (χ2n) is 17.6. The van der Waals surface area contributed by atoms with Crippen molar-refractivity contribution >= 4 is 33.4 Å². The van der Waals surface area contributed by atoms with Crippen LogP contribution in [-0.2, 0) is 46.3 Å². The summed E-state index contributed by atoms with van der Waals surface area (Å²) in [6, 6.07) is 1.25. The first kappa shape index (κ1) is 56.9. The topological polar surface area (TPSA) is 265 Å². The van der Waals surface area contributed by atoms with Crippen molar-refractivity contribution in [3.05, 3.63) is 22.7 Å². The summed E-state index contributed by atoms with van der Waals surface area (Å²) >= 11 is 0. The van der Waals surface area contributed by atoms with Crippen molar-refractivity contribution in [2.75, 3.05) is 25.6 Å². The largest absolute Gasteiger partial charge is 0.481 e. The highest BCUT2D eigenvalue weighted by Crippen LogP contribution is 2.60. The Morgan fingerprint density at radius 3 is 1.67 bits per heavy atom. The Morgan fingerprint density at radius 2 is 1.17 bits per heavy atom. The number of phosphoric acid groups is 2. The van der Waals surface area contributed by atoms with Crippen LogP contribution in [0.5, 0.6) is 0 Å². The molecule has 7 atom stereocenters. The number of rotatable bonds is 37. The Kier molecular flexibility index (Phi) is 28.6. The SMILES string of the molecule is CC(C)CCCCCCCCCCCCC(=O)O[C@H](COC(=O)CCCCCCCCCCCC(C)C)COP(=O)(O)OP(=O)(O)OC[C@H]1O[C@@H](n2ccc(N)nc2=O)C(O)[C@H]1O. The maximum absolute atomic E-state index is 12.8. The molecule has 18 nitrogen and oxygen atoms in total. The Bertz CT molecular complexity index is 1580. The Hall–Kier alpha value is -2.24. The zero-order valence-corrected chi connectivity index (χ0v) is 40.0. The molecule has 0 spiro atoms. The highest BCUT2D eigenvalue weighted by atomic mass is 31.3. The standard InChI is InChI=1S/C43H79N3O15P2/c1-33(2)24-20-16-12-8-5-6-10-15-19-23-27-39(48)59-35(30-56-38(47)26-22-18-14-11-7-9-13-17-21-25-34(3)4)31-57-62(52,53)61-63(54,55)58-32-36-40(49)41(50)42(60-36)46-29-28-37(44)45-43(46)51/h28-29,33-36,40-42,49-50H,5-27,30-32H2,1-4H3,(H,52,53)(H,54,55)(H2,44,45,51)/t35-,36-,40+,41?,42-/m1/s1. The van der Waals surface area contributed by atoms with Crippen molar-refractivity contribution in [2.24, 2.45) is 11.8 Å². The lowest BCUT2D eigenvalue weighted by Crippen LogP contribution is -2.36. The molecule has 0 saturated carbocycles. The molecule has 6 N–H and O–H groups in total. The lowest BCUT2D eigenvalue weighted by molar-refractivity contribution is -0.161. The number of unbranched alkanes of at least 4 members (excludes halogenated alkanes) is 17. The maximum Gasteiger partial charge on any atom is 0.481 e. The molecule has 63 heavy (non-hydrogen) atoms. The molecule has 0 radical (unpaired) electrons. The fraction of sp³-hybridized carbons (Fsp3) is 0.860. The second kappa shape index (κ2) is 31.6. The normalized spacial score (nSPS) is 20.2. The molecule has 366 valence electrons. The van der Waals surface area contributed by atoms with Gasteiger partial charge in [0.15, 0.2) is 12.3 Å². The zero-order chi connectivity index (χ0) is 46.7. The Labute approximate surface area is 374 Å². The quantitative estimate of drug-likeness (QED) is 0.0238. The van der Waals surface area contributed by atoms with Gasteiger partial charge in [0.05, 0.1) is 13.2 Å². The van der Waals surface area contributed by atoms with Gasteiger partial charge in [0.1, 0.15) is 30.7 Å². The number of hydrogen-bond donors (Lipinski definition) is 5. The van der Waals surface area contributed by atoms with E-state index in [1.807, 2.05) is 0 Å². The van der Waals surface area contributed by atoms with Crippen molar-refractivity contribution < 1.29 is 66.3 Å². The third-order valence-electron chi connectivity index (χ3n) is 10.8. The van der Waals surface area contributed by atoms with Crippen LogP contribution >= 0.6 is 15.6 Å². The molecule has 0 aliphatic carbocycles. The summed E-state index contributed by atoms with van der Waals surface area (Å²) < 4.78 is 56.6. The van der Waals surface area contributed by atoms with Crippen molar-refractivity contribution in [2.45, 2.75) is 206 Å². The van der Waals surface area contributed by atoms with Gasteiger partial charge in [0, 0.05) is 19.0 Å². The number of carbonyl (C=O) groups is 2. The van der Waals surface area contributed by atoms with Crippen molar-refractivity contribution in [3.8, 4) is 0 Å². The third kappa shape index (κ3) is 26.5. The van der Waals surface area contributed by atoms with E-state index in [2.05, 4.69) is 37.0 Å². The second-order valence-corrected chi connectivity index (χ2v) is 20.6. The minimum Gasteiger partial charge on any atom is -0.462 e. The van der Waals surface area contributed by atoms with E-state index < -0.39 is 83.7 Å². The summed E-state index contributed by atoms with van der Waals surface area (Å²) in [5.41, 5.74) is 4.58. The molecular weight excluding hydrogens is 860 g/mol. The smallest absolute Gasteiger partial charge is 0.462 e. The number of carbonyl (C=O) groups excluding carboxylic acids is 2. The van der Waals surface area contributed by atoms with Gasteiger partial charge in [-0.25, -0.2) is 13.9 Å². The van der Waals surface area contributed by atoms with Gasteiger partial charge in [-0.15, -0.1) is 0 Å². The summed E-state index contributed by atoms with van der Waals surface area (Å²) in [7, 11) is -10.8. The number of ether oxygens (including phenoxy) is 3. The van der Waals surface area contributed by atoms with Crippen LogP contribution in [0.25, 0.3) is 0 Å². The molecule has 20 heteroatoms. The third-order valence-corrected chi connectivity index (χ3v) is 13.4. The van der Waals surface area contributed by atoms with E-state index in [0.717, 1.165) is 67.8 Å². The molecule has 1 aromatic heterocycles. The summed E-state index contributed by atoms with van der Waals surface area (Å²) in [4.78, 5) is 61.7. The molecule has 2 rings (SSSR count). The summed E-state index contributed by atoms with van der Waals surface area (Å²) in [6.07, 6.45) is 16.6. The van der Waals surface area contributed by atoms with Crippen molar-refractivity contribution in [3.63, 3.8) is 0 Å². The fourth-order valence-corrected chi connectivity index (χ4v) is 9.26. The van der Waals surface area contributed by atoms with Crippen LogP contribution in [0.1, 0.15) is 182 Å². The van der Waals surface area contributed by atoms with Crippen LogP contribution < -0.4 is 11.4 Å². The van der Waals surface area contributed by atoms with E-state index in [9.17, 15) is 43.5 Å². The predicted octanol–water partition coefficient (Wildman–Crippen LogP) is 8.43. The maximum atomic E-state index is 12.8. The molecule has 1 aromatic rings. The van der Waals surface area contributed by atoms with E-state index in [-0.39, 0.29) is 18.7 Å². The number of nitrogens with two attached hydrogens (primary N) is 1. The predicted molar refractivity (Wildman–Crippen MR) is 238 cm³/mol. The van der Waals surface area contributed by atoms with Crippen LogP contribution in [0.15, 0.2) is 17.1 Å². The Morgan fingerprint density at radius 1 is 0.714 bits per heavy atom. The molecule has 3 unspecified atom stereocenters. The van der Waals surface area contributed by atoms with Crippen LogP contribution in [0.2, 0.25) is 0 Å². The van der Waals surface area contributed by atoms with Gasteiger partial charge >= 0.3 is 33.3 Å². The number of aliphatic hydroxyl groups is 2. The first-order valence-corrected chi connectivity index (χ1v) is 26.3. The molecule has 1 fully saturated rings. The molecule has 0 amide bonds. The lowest BCUT2D eigenvalue weighted by atomic mass is 10.0. The molecule has 1 saturated heterocycles. The number of nitrogens with zero attached hydrogens (tertiary/aromatic N) is 2. The molecule has 1 aliphatic rings. The number of aliphatic hydroxyl groups excluding tert-OH is 2. The van der Waals surface area contributed by atoms with Gasteiger partial charge in [-0.1, -0.05) is 150 Å². The fourth-order valence-electron chi connectivity index (χ4n) is 7.15. The van der Waals surface area contributed by atoms with E-state index in [1.165, 1.54) is 82.9 Å². The number of esters is 2. The highest BCUT2D eigenvalue weighted by molar-refractivity contribution is 7.61. The van der Waals surface area contributed by atoms with Crippen LogP contribution in [0, 0.1) is 11.8 Å². The van der Waals surface area contributed by atoms with Crippen LogP contribution in [0.4, 0.5) is 5.82 Å². The first-order valence-electron chi connectivity index (χ1n) is 23.3. The van der Waals surface area contributed by atoms with E-state index in [1.54, 1.807) is 0 Å². The van der Waals surface area contributed by atoms with Crippen LogP contribution in [0.3, 0.4) is 0 Å². The zero-order valence-electron chi connectivity index (χ0n) is 38.2. The highest BCUT2D eigenvalue weighted by Gasteiger charge is 2.46. The van der Waals surface area contributed by atoms with E-state index in [4.69, 9.17) is 29.0 Å². The molecular formula is C43H79N3O15P2. The minimum absolute atomic E-state index is 0.0549. The molecule has 0 bridgehead atoms. The van der Waals surface area contributed by atoms with Crippen LogP contribution in [-0.4, -0.2) is 85.7 Å². The number of phosphoric ester groups is 2. The summed E-state index contributed by atoms with van der Waals surface area (Å²) in [5, 5.41) is 20.9. The van der Waals surface area contributed by atoms with E-state index in [0.29, 0.717) is 12.8 Å². The van der Waals surface area contributed by atoms with Gasteiger partial charge < -0.3 is 39.9 Å². The monoisotopic (exact) mass is 939 g/mol. The number of aromatic nitrogens is 2. The van der Waals surface area contributed by atoms with Crippen molar-refractivity contribution in [1.29, 1.82) is 0 Å². The average molecular weight is 940 g/mol. The lowest BCUT2D eigenvalue weighted by Gasteiger charge is -2.21. The van der Waals surface area contributed by atoms with Gasteiger partial charge in [-0.3, -0.25) is 23.2 Å². The number of nitrogen functional groups attached to an aromatic ring is 1. The molecule has 1 aliphatic heterocycles. The van der Waals surface area contributed by atoms with Gasteiger partial charge in [0.25, 0.3) is 0 Å². The van der Waals surface area contributed by atoms with Crippen molar-refractivity contribution in [1.82, 2.24) is 9.55 Å². The first-order chi connectivity index (χ1) is 29.9. The van der Waals surface area contributed by atoms with Gasteiger partial charge in [-0.05, 0) is 30.7 Å². The number of anilines is 1. The minimum atomic E-state index is -5.41. The molecule has 0 aromatic carbocycles. The van der Waals surface area contributed by atoms with Gasteiger partial charge in [0.2, 0.25) is 0 Å². The summed E-state index contributed by atoms with van der Waals surface area (Å²) in [6.45, 7) is 6.70. The summed E-state index contributed by atoms with van der Waals surface area (Å²) in [5.74, 6) is 0.202. The van der Waals surface area contributed by atoms with Gasteiger partial charge in [-0.2, -0.15) is 9.29 Å².